The first-order valence-corrected chi connectivity index (χ1v) is 15.7. The van der Waals surface area contributed by atoms with E-state index in [4.69, 9.17) is 26.1 Å². The number of carbonyl (C=O) groups excluding carboxylic acids is 1. The monoisotopic (exact) mass is 643 g/mol. The molecule has 0 spiro atoms. The second-order valence-corrected chi connectivity index (χ2v) is 12.0. The Bertz CT molecular complexity index is 1830. The van der Waals surface area contributed by atoms with Crippen LogP contribution in [-0.2, 0) is 9.53 Å². The molecule has 0 saturated carbocycles. The van der Waals surface area contributed by atoms with Crippen LogP contribution in [0.2, 0.25) is 5.02 Å². The number of hydrogen-bond acceptors (Lipinski definition) is 9. The maximum Gasteiger partial charge on any atom is 0.319 e. The molecule has 1 unspecified atom stereocenters. The van der Waals surface area contributed by atoms with Crippen molar-refractivity contribution in [2.75, 3.05) is 58.5 Å². The van der Waals surface area contributed by atoms with Gasteiger partial charge in [-0.2, -0.15) is 15.2 Å². The molecule has 2 atom stereocenters. The molecule has 2 aromatic carbocycles. The lowest BCUT2D eigenvalue weighted by molar-refractivity contribution is -0.128. The van der Waals surface area contributed by atoms with Crippen molar-refractivity contribution in [3.05, 3.63) is 65.6 Å². The molecule has 4 aromatic rings. The lowest BCUT2D eigenvalue weighted by Gasteiger charge is -2.41. The number of pyridine rings is 1. The third-order valence-corrected chi connectivity index (χ3v) is 9.06. The first-order valence-electron chi connectivity index (χ1n) is 15.3. The van der Waals surface area contributed by atoms with Crippen molar-refractivity contribution >= 4 is 45.0 Å². The van der Waals surface area contributed by atoms with Crippen LogP contribution in [0.1, 0.15) is 19.3 Å². The number of methoxy groups -OCH3 is 1. The highest BCUT2D eigenvalue weighted by Gasteiger charge is 2.32. The second kappa shape index (κ2) is 14.0. The van der Waals surface area contributed by atoms with Crippen LogP contribution in [0.25, 0.3) is 32.9 Å². The van der Waals surface area contributed by atoms with Gasteiger partial charge in [-0.3, -0.25) is 9.78 Å². The number of fused-ring (bicyclic) bond motifs is 2. The number of amides is 1. The van der Waals surface area contributed by atoms with Gasteiger partial charge >= 0.3 is 6.01 Å². The number of anilines is 1. The maximum atomic E-state index is 16.7. The molecule has 0 bridgehead atoms. The van der Waals surface area contributed by atoms with Gasteiger partial charge in [0.15, 0.2) is 5.82 Å². The first kappa shape index (κ1) is 31.6. The molecule has 2 aliphatic rings. The number of aromatic nitrogens is 3. The van der Waals surface area contributed by atoms with Crippen molar-refractivity contribution in [2.45, 2.75) is 31.3 Å². The third kappa shape index (κ3) is 6.33. The van der Waals surface area contributed by atoms with Gasteiger partial charge in [0.2, 0.25) is 5.91 Å². The Labute approximate surface area is 272 Å². The molecule has 2 saturated heterocycles. The summed E-state index contributed by atoms with van der Waals surface area (Å²) in [5, 5.41) is 12.1. The van der Waals surface area contributed by atoms with Crippen LogP contribution in [0, 0.1) is 17.1 Å². The number of rotatable bonds is 9. The Hall–Kier alpha value is -4.37. The zero-order chi connectivity index (χ0) is 32.2. The van der Waals surface area contributed by atoms with Gasteiger partial charge in [-0.1, -0.05) is 48.0 Å². The summed E-state index contributed by atoms with van der Waals surface area (Å²) >= 11 is 6.59. The number of halogens is 2. The zero-order valence-electron chi connectivity index (χ0n) is 25.8. The van der Waals surface area contributed by atoms with E-state index in [1.54, 1.807) is 36.4 Å². The lowest BCUT2D eigenvalue weighted by Crippen LogP contribution is -2.55. The highest BCUT2D eigenvalue weighted by Crippen LogP contribution is 2.37. The van der Waals surface area contributed by atoms with E-state index in [2.05, 4.69) is 28.0 Å². The van der Waals surface area contributed by atoms with Crippen LogP contribution in [0.4, 0.5) is 10.2 Å². The molecule has 4 heterocycles. The molecule has 2 aliphatic heterocycles. The van der Waals surface area contributed by atoms with E-state index in [1.807, 2.05) is 29.2 Å². The van der Waals surface area contributed by atoms with Crippen LogP contribution in [0.15, 0.2) is 54.7 Å². The Balaban J connectivity index is 1.41. The summed E-state index contributed by atoms with van der Waals surface area (Å²) in [6, 6.07) is 13.2. The zero-order valence-corrected chi connectivity index (χ0v) is 26.6. The number of nitrogens with zero attached hydrogens (tertiary/aromatic N) is 7. The molecule has 238 valence electrons. The standard InChI is InChI=1S/C34H35ClFN7O3/c1-41-15-5-9-24(41)21-46-34-39-32-26(19-38-31(30(32)36)25-10-3-7-22-8-4-11-27(35)29(22)25)33(40-34)42-16-17-43(23(20-42)13-14-37)28(44)12-6-18-45-2/h3-4,6-8,10-12,19,23-24H,5,9,13,15-18,20-21H2,1-2H3/b12-6+/t23-,24?/m0/s1. The van der Waals surface area contributed by atoms with E-state index in [9.17, 15) is 10.1 Å². The number of likely N-dealkylation sites (tertiary alicyclic amines) is 1. The highest BCUT2D eigenvalue weighted by molar-refractivity contribution is 6.36. The molecule has 12 heteroatoms. The average Bonchev–Trinajstić information content (AvgIpc) is 3.48. The predicted octanol–water partition coefficient (Wildman–Crippen LogP) is 5.24. The number of hydrogen-bond donors (Lipinski definition) is 0. The molecule has 10 nitrogen and oxygen atoms in total. The summed E-state index contributed by atoms with van der Waals surface area (Å²) < 4.78 is 27.8. The molecular weight excluding hydrogens is 609 g/mol. The molecule has 2 fully saturated rings. The summed E-state index contributed by atoms with van der Waals surface area (Å²) in [5.41, 5.74) is 0.755. The van der Waals surface area contributed by atoms with Gasteiger partial charge < -0.3 is 24.2 Å². The molecule has 0 aliphatic carbocycles. The summed E-state index contributed by atoms with van der Waals surface area (Å²) in [6.45, 7) is 2.74. The molecule has 6 rings (SSSR count). The van der Waals surface area contributed by atoms with Gasteiger partial charge in [0.05, 0.1) is 30.5 Å². The summed E-state index contributed by atoms with van der Waals surface area (Å²) in [5.74, 6) is -0.360. The summed E-state index contributed by atoms with van der Waals surface area (Å²) in [7, 11) is 3.61. The Morgan fingerprint density at radius 2 is 2.00 bits per heavy atom. The fraction of sp³-hybridized carbons (Fsp3) is 0.382. The van der Waals surface area contributed by atoms with E-state index >= 15 is 4.39 Å². The van der Waals surface area contributed by atoms with Crippen molar-refractivity contribution in [3.8, 4) is 23.3 Å². The SMILES string of the molecule is COC/C=C/C(=O)N1CCN(c2nc(OCC3CCCN3C)nc3c(F)c(-c4cccc5cccc(Cl)c45)ncc23)C[C@@H]1CC#N. The molecule has 1 amide bonds. The predicted molar refractivity (Wildman–Crippen MR) is 175 cm³/mol. The smallest absolute Gasteiger partial charge is 0.319 e. The number of benzene rings is 2. The minimum absolute atomic E-state index is 0.0626. The quantitative estimate of drug-likeness (QED) is 0.226. The Morgan fingerprint density at radius 1 is 1.17 bits per heavy atom. The van der Waals surface area contributed by atoms with Crippen molar-refractivity contribution in [2.24, 2.45) is 0 Å². The average molecular weight is 644 g/mol. The number of likely N-dealkylation sites (N-methyl/N-ethyl adjacent to an activating group) is 1. The Morgan fingerprint density at radius 3 is 2.76 bits per heavy atom. The molecule has 0 N–H and O–H groups in total. The summed E-state index contributed by atoms with van der Waals surface area (Å²) in [4.78, 5) is 32.8. The molecule has 2 aromatic heterocycles. The van der Waals surface area contributed by atoms with Crippen LogP contribution < -0.4 is 9.64 Å². The minimum Gasteiger partial charge on any atom is -0.462 e. The second-order valence-electron chi connectivity index (χ2n) is 11.6. The number of piperazine rings is 1. The van der Waals surface area contributed by atoms with Gasteiger partial charge in [-0.05, 0) is 37.9 Å². The molecular formula is C34H35ClFN7O3. The van der Waals surface area contributed by atoms with Gasteiger partial charge in [0, 0.05) is 61.0 Å². The van der Waals surface area contributed by atoms with Gasteiger partial charge in [0.1, 0.15) is 23.6 Å². The van der Waals surface area contributed by atoms with Crippen LogP contribution >= 0.6 is 11.6 Å². The van der Waals surface area contributed by atoms with E-state index in [1.165, 1.54) is 6.08 Å². The van der Waals surface area contributed by atoms with Crippen molar-refractivity contribution in [1.82, 2.24) is 24.8 Å². The van der Waals surface area contributed by atoms with Crippen LogP contribution in [0.3, 0.4) is 0 Å². The molecule has 0 radical (unpaired) electrons. The van der Waals surface area contributed by atoms with E-state index in [0.29, 0.717) is 60.0 Å². The van der Waals surface area contributed by atoms with E-state index in [-0.39, 0.29) is 35.6 Å². The largest absolute Gasteiger partial charge is 0.462 e. The van der Waals surface area contributed by atoms with Gasteiger partial charge in [0.25, 0.3) is 0 Å². The maximum absolute atomic E-state index is 16.7. The molecule has 46 heavy (non-hydrogen) atoms. The Kier molecular flexibility index (Phi) is 9.59. The minimum atomic E-state index is -0.609. The van der Waals surface area contributed by atoms with Crippen LogP contribution in [-0.4, -0.2) is 96.3 Å². The van der Waals surface area contributed by atoms with Gasteiger partial charge in [-0.15, -0.1) is 0 Å². The highest BCUT2D eigenvalue weighted by atomic mass is 35.5. The number of nitriles is 1. The van der Waals surface area contributed by atoms with Crippen molar-refractivity contribution in [1.29, 1.82) is 5.26 Å². The third-order valence-electron chi connectivity index (χ3n) is 8.74. The van der Waals surface area contributed by atoms with Crippen molar-refractivity contribution in [3.63, 3.8) is 0 Å². The normalized spacial score (nSPS) is 18.9. The van der Waals surface area contributed by atoms with E-state index < -0.39 is 11.9 Å². The summed E-state index contributed by atoms with van der Waals surface area (Å²) in [6.07, 6.45) is 6.89. The fourth-order valence-electron chi connectivity index (χ4n) is 6.33. The lowest BCUT2D eigenvalue weighted by atomic mass is 10.0. The first-order chi connectivity index (χ1) is 22.4. The number of ether oxygens (including phenoxy) is 2. The van der Waals surface area contributed by atoms with Crippen LogP contribution in [0.5, 0.6) is 6.01 Å². The van der Waals surface area contributed by atoms with Crippen molar-refractivity contribution < 1.29 is 18.7 Å². The van der Waals surface area contributed by atoms with E-state index in [0.717, 1.165) is 24.8 Å². The number of carbonyl (C=O) groups is 1. The topological polar surface area (TPSA) is 108 Å². The van der Waals surface area contributed by atoms with Gasteiger partial charge in [-0.25, -0.2) is 4.39 Å². The fourth-order valence-corrected chi connectivity index (χ4v) is 6.61.